The lowest BCUT2D eigenvalue weighted by Crippen LogP contribution is -2.40. The summed E-state index contributed by atoms with van der Waals surface area (Å²) in [7, 11) is 0. The van der Waals surface area contributed by atoms with Crippen molar-refractivity contribution >= 4 is 40.9 Å². The van der Waals surface area contributed by atoms with E-state index in [1.165, 1.54) is 6.07 Å². The lowest BCUT2D eigenvalue weighted by Gasteiger charge is -2.32. The van der Waals surface area contributed by atoms with Crippen LogP contribution in [0.5, 0.6) is 0 Å². The van der Waals surface area contributed by atoms with Crippen LogP contribution in [0.4, 0.5) is 5.69 Å². The van der Waals surface area contributed by atoms with Gasteiger partial charge in [-0.1, -0.05) is 11.6 Å². The number of likely N-dealkylation sites (tertiary alicyclic amines) is 1. The number of rotatable bonds is 5. The quantitative estimate of drug-likeness (QED) is 0.475. The Balaban J connectivity index is 1.54. The monoisotopic (exact) mass is 384 g/mol. The number of carboxylic acids is 1. The number of hydrogen-bond donors (Lipinski definition) is 1. The van der Waals surface area contributed by atoms with Crippen LogP contribution in [0.2, 0.25) is 5.02 Å². The van der Waals surface area contributed by atoms with Crippen LogP contribution in [-0.4, -0.2) is 45.6 Å². The van der Waals surface area contributed by atoms with Crippen LogP contribution in [0.25, 0.3) is 0 Å². The molecule has 1 aliphatic heterocycles. The summed E-state index contributed by atoms with van der Waals surface area (Å²) in [6.07, 6.45) is 2.12. The molecule has 1 spiro atoms. The van der Waals surface area contributed by atoms with E-state index in [4.69, 9.17) is 16.7 Å². The summed E-state index contributed by atoms with van der Waals surface area (Å²) in [6.45, 7) is 1.10. The molecule has 1 saturated carbocycles. The molecule has 1 heterocycles. The predicted octanol–water partition coefficient (Wildman–Crippen LogP) is 3.05. The molecule has 1 atom stereocenters. The topological polar surface area (TPSA) is 101 Å². The molecule has 1 aromatic rings. The SMILES string of the molecule is O=C(O)C1CC12CCN(C(=O)CSc1ccc(Cl)cc1[N+](=O)[O-])CC2. The largest absolute Gasteiger partial charge is 0.481 e. The molecular weight excluding hydrogens is 368 g/mol. The van der Waals surface area contributed by atoms with E-state index in [9.17, 15) is 19.7 Å². The van der Waals surface area contributed by atoms with Gasteiger partial charge in [-0.05, 0) is 36.8 Å². The van der Waals surface area contributed by atoms with E-state index in [2.05, 4.69) is 0 Å². The molecule has 1 aliphatic carbocycles. The van der Waals surface area contributed by atoms with E-state index in [0.717, 1.165) is 11.8 Å². The Morgan fingerprint density at radius 3 is 2.64 bits per heavy atom. The number of hydrogen-bond acceptors (Lipinski definition) is 5. The van der Waals surface area contributed by atoms with E-state index in [-0.39, 0.29) is 33.7 Å². The minimum atomic E-state index is -0.745. The summed E-state index contributed by atoms with van der Waals surface area (Å²) in [5, 5.41) is 20.5. The molecule has 134 valence electrons. The maximum absolute atomic E-state index is 12.4. The minimum absolute atomic E-state index is 0.0865. The molecule has 2 aliphatic rings. The highest BCUT2D eigenvalue weighted by atomic mass is 35.5. The number of aliphatic carboxylic acids is 1. The molecule has 9 heteroatoms. The summed E-state index contributed by atoms with van der Waals surface area (Å²) < 4.78 is 0. The number of piperidine rings is 1. The molecule has 7 nitrogen and oxygen atoms in total. The van der Waals surface area contributed by atoms with Crippen molar-refractivity contribution in [3.8, 4) is 0 Å². The molecule has 1 amide bonds. The van der Waals surface area contributed by atoms with Crippen LogP contribution in [-0.2, 0) is 9.59 Å². The summed E-state index contributed by atoms with van der Waals surface area (Å²) in [5.41, 5.74) is -0.227. The van der Waals surface area contributed by atoms with Crippen molar-refractivity contribution in [1.29, 1.82) is 0 Å². The lowest BCUT2D eigenvalue weighted by atomic mass is 9.91. The molecular formula is C16H17ClN2O5S. The third-order valence-electron chi connectivity index (χ3n) is 5.07. The number of amides is 1. The van der Waals surface area contributed by atoms with Crippen molar-refractivity contribution in [2.24, 2.45) is 11.3 Å². The van der Waals surface area contributed by atoms with Crippen molar-refractivity contribution in [3.63, 3.8) is 0 Å². The van der Waals surface area contributed by atoms with Gasteiger partial charge in [-0.15, -0.1) is 11.8 Å². The van der Waals surface area contributed by atoms with Gasteiger partial charge in [0, 0.05) is 24.2 Å². The molecule has 1 saturated heterocycles. The number of carbonyl (C=O) groups is 2. The Morgan fingerprint density at radius 2 is 2.08 bits per heavy atom. The van der Waals surface area contributed by atoms with Gasteiger partial charge in [-0.3, -0.25) is 19.7 Å². The number of carboxylic acid groups (broad SMARTS) is 1. The highest BCUT2D eigenvalue weighted by Gasteiger charge is 2.59. The van der Waals surface area contributed by atoms with E-state index in [0.29, 0.717) is 37.2 Å². The highest BCUT2D eigenvalue weighted by Crippen LogP contribution is 2.59. The van der Waals surface area contributed by atoms with Crippen LogP contribution in [0.3, 0.4) is 0 Å². The minimum Gasteiger partial charge on any atom is -0.481 e. The first kappa shape index (κ1) is 18.0. The number of carbonyl (C=O) groups excluding carboxylic acids is 1. The van der Waals surface area contributed by atoms with Crippen molar-refractivity contribution in [3.05, 3.63) is 33.3 Å². The second-order valence-corrected chi connectivity index (χ2v) is 7.95. The number of benzene rings is 1. The summed E-state index contributed by atoms with van der Waals surface area (Å²) in [4.78, 5) is 36.1. The van der Waals surface area contributed by atoms with Gasteiger partial charge in [0.2, 0.25) is 5.91 Å². The summed E-state index contributed by atoms with van der Waals surface area (Å²) >= 11 is 6.90. The van der Waals surface area contributed by atoms with Gasteiger partial charge in [0.1, 0.15) is 0 Å². The van der Waals surface area contributed by atoms with Gasteiger partial charge in [-0.25, -0.2) is 0 Å². The van der Waals surface area contributed by atoms with Crippen LogP contribution in [0.15, 0.2) is 23.1 Å². The molecule has 3 rings (SSSR count). The van der Waals surface area contributed by atoms with E-state index in [1.54, 1.807) is 17.0 Å². The standard InChI is InChI=1S/C16H17ClN2O5S/c17-10-1-2-13(12(7-10)19(23)24)25-9-14(20)18-5-3-16(4-6-18)8-11(16)15(21)22/h1-2,7,11H,3-6,8-9H2,(H,21,22). The first-order chi connectivity index (χ1) is 11.8. The Morgan fingerprint density at radius 1 is 1.40 bits per heavy atom. The molecule has 0 radical (unpaired) electrons. The Labute approximate surface area is 153 Å². The van der Waals surface area contributed by atoms with E-state index >= 15 is 0 Å². The van der Waals surface area contributed by atoms with E-state index < -0.39 is 10.9 Å². The number of nitro benzene ring substituents is 1. The fourth-order valence-electron chi connectivity index (χ4n) is 3.44. The third kappa shape index (κ3) is 3.74. The second kappa shape index (κ2) is 6.84. The molecule has 1 N–H and O–H groups in total. The Kier molecular flexibility index (Phi) is 4.92. The fourth-order valence-corrected chi connectivity index (χ4v) is 4.51. The maximum atomic E-state index is 12.4. The smallest absolute Gasteiger partial charge is 0.307 e. The molecule has 1 unspecified atom stereocenters. The van der Waals surface area contributed by atoms with Crippen molar-refractivity contribution < 1.29 is 19.6 Å². The van der Waals surface area contributed by atoms with Crippen molar-refractivity contribution in [2.75, 3.05) is 18.8 Å². The normalized spacial score (nSPS) is 21.2. The number of thioether (sulfide) groups is 1. The number of nitrogens with zero attached hydrogens (tertiary/aromatic N) is 2. The van der Waals surface area contributed by atoms with Crippen LogP contribution < -0.4 is 0 Å². The van der Waals surface area contributed by atoms with Crippen LogP contribution >= 0.6 is 23.4 Å². The first-order valence-electron chi connectivity index (χ1n) is 7.90. The van der Waals surface area contributed by atoms with E-state index in [1.807, 2.05) is 0 Å². The molecule has 0 bridgehead atoms. The van der Waals surface area contributed by atoms with Gasteiger partial charge in [0.15, 0.2) is 0 Å². The molecule has 25 heavy (non-hydrogen) atoms. The average molecular weight is 385 g/mol. The van der Waals surface area contributed by atoms with Gasteiger partial charge >= 0.3 is 5.97 Å². The van der Waals surface area contributed by atoms with Gasteiger partial charge in [0.05, 0.1) is 21.5 Å². The first-order valence-corrected chi connectivity index (χ1v) is 9.26. The van der Waals surface area contributed by atoms with Crippen LogP contribution in [0, 0.1) is 21.4 Å². The third-order valence-corrected chi connectivity index (χ3v) is 6.35. The average Bonchev–Trinajstić information content (AvgIpc) is 3.28. The second-order valence-electron chi connectivity index (χ2n) is 6.50. The van der Waals surface area contributed by atoms with Gasteiger partial charge < -0.3 is 10.0 Å². The lowest BCUT2D eigenvalue weighted by molar-refractivity contribution is -0.387. The fraction of sp³-hybridized carbons (Fsp3) is 0.500. The Hall–Kier alpha value is -1.80. The highest BCUT2D eigenvalue weighted by molar-refractivity contribution is 8.00. The zero-order valence-electron chi connectivity index (χ0n) is 13.3. The molecule has 0 aromatic heterocycles. The summed E-state index contributed by atoms with van der Waals surface area (Å²) in [6, 6.07) is 4.38. The van der Waals surface area contributed by atoms with Crippen LogP contribution in [0.1, 0.15) is 19.3 Å². The Bertz CT molecular complexity index is 733. The number of nitro groups is 1. The number of halogens is 1. The van der Waals surface area contributed by atoms with Crippen molar-refractivity contribution in [1.82, 2.24) is 4.90 Å². The van der Waals surface area contributed by atoms with Crippen molar-refractivity contribution in [2.45, 2.75) is 24.2 Å². The zero-order chi connectivity index (χ0) is 18.2. The zero-order valence-corrected chi connectivity index (χ0v) is 14.9. The maximum Gasteiger partial charge on any atom is 0.307 e. The van der Waals surface area contributed by atoms with Gasteiger partial charge in [-0.2, -0.15) is 0 Å². The predicted molar refractivity (Wildman–Crippen MR) is 92.8 cm³/mol. The van der Waals surface area contributed by atoms with Gasteiger partial charge in [0.25, 0.3) is 5.69 Å². The molecule has 2 fully saturated rings. The molecule has 1 aromatic carbocycles. The summed E-state index contributed by atoms with van der Waals surface area (Å²) in [5.74, 6) is -0.990.